The van der Waals surface area contributed by atoms with Crippen molar-refractivity contribution in [2.24, 2.45) is 4.99 Å². The summed E-state index contributed by atoms with van der Waals surface area (Å²) in [6.07, 6.45) is 3.74. The van der Waals surface area contributed by atoms with E-state index in [2.05, 4.69) is 54.8 Å². The quantitative estimate of drug-likeness (QED) is 0.578. The van der Waals surface area contributed by atoms with Crippen LogP contribution in [0.25, 0.3) is 0 Å². The van der Waals surface area contributed by atoms with Crippen molar-refractivity contribution in [2.45, 2.75) is 44.9 Å². The number of anilines is 1. The molecular weight excluding hydrogens is 332 g/mol. The van der Waals surface area contributed by atoms with Gasteiger partial charge in [0.25, 0.3) is 0 Å². The molecule has 1 aromatic carbocycles. The number of benzene rings is 1. The zero-order chi connectivity index (χ0) is 18.3. The van der Waals surface area contributed by atoms with E-state index in [1.54, 1.807) is 0 Å². The second kappa shape index (κ2) is 9.13. The number of thioether (sulfide) groups is 1. The predicted octanol–water partition coefficient (Wildman–Crippen LogP) is 3.01. The fourth-order valence-corrected chi connectivity index (χ4v) is 2.80. The van der Waals surface area contributed by atoms with E-state index in [-0.39, 0.29) is 10.7 Å². The average Bonchev–Trinajstić information content (AvgIpc) is 3.04. The lowest BCUT2D eigenvalue weighted by molar-refractivity contribution is -0.117. The molecule has 2 rings (SSSR count). The molecule has 0 atom stereocenters. The summed E-state index contributed by atoms with van der Waals surface area (Å²) in [7, 11) is 0. The molecule has 0 aromatic heterocycles. The molecule has 6 heteroatoms. The normalized spacial score (nSPS) is 15.6. The van der Waals surface area contributed by atoms with Crippen molar-refractivity contribution in [3.8, 4) is 0 Å². The molecule has 5 nitrogen and oxygen atoms in total. The highest BCUT2D eigenvalue weighted by atomic mass is 32.2. The minimum absolute atomic E-state index is 0.167. The average molecular weight is 363 g/mol. The first kappa shape index (κ1) is 19.6. The van der Waals surface area contributed by atoms with Crippen LogP contribution in [0, 0.1) is 0 Å². The van der Waals surface area contributed by atoms with Gasteiger partial charge in [0, 0.05) is 36.5 Å². The van der Waals surface area contributed by atoms with E-state index in [0.29, 0.717) is 13.0 Å². The van der Waals surface area contributed by atoms with Crippen LogP contribution < -0.4 is 15.5 Å². The summed E-state index contributed by atoms with van der Waals surface area (Å²) in [6.45, 7) is 9.63. The Morgan fingerprint density at radius 1 is 1.28 bits per heavy atom. The summed E-state index contributed by atoms with van der Waals surface area (Å²) in [5.74, 6) is 1.06. The molecule has 0 radical (unpaired) electrons. The standard InChI is InChI=1S/C19H30N4OS/c1-5-20-18(22-14-19(2,3)25-4)21-13-15-8-10-16(11-9-15)23-12-6-7-17(23)24/h8-11H,5-7,12-14H2,1-4H3,(H2,20,21,22). The molecule has 2 N–H and O–H groups in total. The topological polar surface area (TPSA) is 56.7 Å². The van der Waals surface area contributed by atoms with Crippen molar-refractivity contribution in [3.63, 3.8) is 0 Å². The van der Waals surface area contributed by atoms with Crippen molar-refractivity contribution in [1.82, 2.24) is 10.6 Å². The highest BCUT2D eigenvalue weighted by Gasteiger charge is 2.21. The van der Waals surface area contributed by atoms with Gasteiger partial charge in [-0.05, 0) is 51.1 Å². The van der Waals surface area contributed by atoms with E-state index in [1.165, 1.54) is 0 Å². The maximum atomic E-state index is 11.8. The van der Waals surface area contributed by atoms with Crippen LogP contribution in [0.5, 0.6) is 0 Å². The largest absolute Gasteiger partial charge is 0.357 e. The van der Waals surface area contributed by atoms with Gasteiger partial charge in [-0.3, -0.25) is 4.79 Å². The fourth-order valence-electron chi connectivity index (χ4n) is 2.58. The van der Waals surface area contributed by atoms with E-state index in [9.17, 15) is 4.79 Å². The second-order valence-corrected chi connectivity index (χ2v) is 8.34. The highest BCUT2D eigenvalue weighted by molar-refractivity contribution is 7.99. The number of nitrogens with zero attached hydrogens (tertiary/aromatic N) is 2. The molecule has 1 saturated heterocycles. The summed E-state index contributed by atoms with van der Waals surface area (Å²) in [6, 6.07) is 8.15. The summed E-state index contributed by atoms with van der Waals surface area (Å²) >= 11 is 1.84. The minimum Gasteiger partial charge on any atom is -0.357 e. The smallest absolute Gasteiger partial charge is 0.227 e. The Balaban J connectivity index is 1.96. The number of guanidine groups is 1. The van der Waals surface area contributed by atoms with E-state index in [0.717, 1.165) is 43.3 Å². The SMILES string of the molecule is CCNC(=NCc1ccc(N2CCCC2=O)cc1)NCC(C)(C)SC. The summed E-state index contributed by atoms with van der Waals surface area (Å²) < 4.78 is 0.167. The third kappa shape index (κ3) is 5.96. The van der Waals surface area contributed by atoms with Crippen LogP contribution in [0.15, 0.2) is 29.3 Å². The molecule has 1 aliphatic rings. The van der Waals surface area contributed by atoms with Gasteiger partial charge in [0.05, 0.1) is 6.54 Å². The zero-order valence-electron chi connectivity index (χ0n) is 15.8. The van der Waals surface area contributed by atoms with Gasteiger partial charge in [-0.25, -0.2) is 4.99 Å². The van der Waals surface area contributed by atoms with E-state index in [4.69, 9.17) is 0 Å². The van der Waals surface area contributed by atoms with Crippen molar-refractivity contribution >= 4 is 29.3 Å². The molecule has 0 saturated carbocycles. The Hall–Kier alpha value is -1.69. The van der Waals surface area contributed by atoms with E-state index in [1.807, 2.05) is 28.8 Å². The van der Waals surface area contributed by atoms with Gasteiger partial charge in [-0.15, -0.1) is 0 Å². The highest BCUT2D eigenvalue weighted by Crippen LogP contribution is 2.22. The Morgan fingerprint density at radius 2 is 2.00 bits per heavy atom. The molecule has 1 fully saturated rings. The summed E-state index contributed by atoms with van der Waals surface area (Å²) in [4.78, 5) is 18.3. The minimum atomic E-state index is 0.167. The first-order valence-electron chi connectivity index (χ1n) is 8.92. The van der Waals surface area contributed by atoms with Crippen molar-refractivity contribution < 1.29 is 4.79 Å². The molecule has 0 aliphatic carbocycles. The van der Waals surface area contributed by atoms with Gasteiger partial charge in [-0.2, -0.15) is 11.8 Å². The van der Waals surface area contributed by atoms with Crippen LogP contribution in [0.1, 0.15) is 39.2 Å². The molecule has 0 spiro atoms. The molecule has 1 aliphatic heterocycles. The van der Waals surface area contributed by atoms with E-state index >= 15 is 0 Å². The molecular formula is C19H30N4OS. The number of nitrogens with one attached hydrogen (secondary N) is 2. The Kier molecular flexibility index (Phi) is 7.17. The van der Waals surface area contributed by atoms with Crippen LogP contribution >= 0.6 is 11.8 Å². The van der Waals surface area contributed by atoms with Crippen LogP contribution in [0.4, 0.5) is 5.69 Å². The molecule has 138 valence electrons. The van der Waals surface area contributed by atoms with Crippen molar-refractivity contribution in [2.75, 3.05) is 30.8 Å². The third-order valence-electron chi connectivity index (χ3n) is 4.32. The fraction of sp³-hybridized carbons (Fsp3) is 0.579. The van der Waals surface area contributed by atoms with Crippen LogP contribution in [0.2, 0.25) is 0 Å². The van der Waals surface area contributed by atoms with Crippen LogP contribution in [-0.2, 0) is 11.3 Å². The number of hydrogen-bond donors (Lipinski definition) is 2. The van der Waals surface area contributed by atoms with Crippen LogP contribution in [-0.4, -0.2) is 42.5 Å². The summed E-state index contributed by atoms with van der Waals surface area (Å²) in [5.41, 5.74) is 2.12. The number of hydrogen-bond acceptors (Lipinski definition) is 3. The lowest BCUT2D eigenvalue weighted by Gasteiger charge is -2.23. The monoisotopic (exact) mass is 362 g/mol. The van der Waals surface area contributed by atoms with Gasteiger partial charge < -0.3 is 15.5 Å². The molecule has 25 heavy (non-hydrogen) atoms. The maximum absolute atomic E-state index is 11.8. The molecule has 1 aromatic rings. The maximum Gasteiger partial charge on any atom is 0.227 e. The molecule has 1 heterocycles. The lowest BCUT2D eigenvalue weighted by Crippen LogP contribution is -2.43. The lowest BCUT2D eigenvalue weighted by atomic mass is 10.2. The Bertz CT molecular complexity index is 598. The first-order valence-corrected chi connectivity index (χ1v) is 10.1. The predicted molar refractivity (Wildman–Crippen MR) is 108 cm³/mol. The van der Waals surface area contributed by atoms with Gasteiger partial charge in [-0.1, -0.05) is 12.1 Å². The Morgan fingerprint density at radius 3 is 2.56 bits per heavy atom. The Labute approximate surface area is 155 Å². The first-order chi connectivity index (χ1) is 11.9. The van der Waals surface area contributed by atoms with Crippen molar-refractivity contribution in [1.29, 1.82) is 0 Å². The molecule has 1 amide bonds. The summed E-state index contributed by atoms with van der Waals surface area (Å²) in [5, 5.41) is 6.70. The third-order valence-corrected chi connectivity index (χ3v) is 5.57. The number of aliphatic imine (C=N–C) groups is 1. The zero-order valence-corrected chi connectivity index (χ0v) is 16.6. The second-order valence-electron chi connectivity index (χ2n) is 6.83. The number of rotatable bonds is 7. The van der Waals surface area contributed by atoms with Gasteiger partial charge in [0.15, 0.2) is 5.96 Å². The number of amides is 1. The number of carbonyl (C=O) groups is 1. The molecule has 0 bridgehead atoms. The van der Waals surface area contributed by atoms with Crippen LogP contribution in [0.3, 0.4) is 0 Å². The van der Waals surface area contributed by atoms with Crippen molar-refractivity contribution in [3.05, 3.63) is 29.8 Å². The van der Waals surface area contributed by atoms with Gasteiger partial charge in [0.2, 0.25) is 5.91 Å². The van der Waals surface area contributed by atoms with Gasteiger partial charge in [0.1, 0.15) is 0 Å². The van der Waals surface area contributed by atoms with Gasteiger partial charge >= 0.3 is 0 Å². The van der Waals surface area contributed by atoms with E-state index < -0.39 is 0 Å². The number of carbonyl (C=O) groups excluding carboxylic acids is 1. The molecule has 0 unspecified atom stereocenters.